The van der Waals surface area contributed by atoms with Gasteiger partial charge in [-0.3, -0.25) is 0 Å². The molecule has 2 aromatic carbocycles. The average Bonchev–Trinajstić information content (AvgIpc) is 2.80. The highest BCUT2D eigenvalue weighted by Gasteiger charge is 2.45. The van der Waals surface area contributed by atoms with Crippen molar-refractivity contribution in [2.45, 2.75) is 30.7 Å². The van der Waals surface area contributed by atoms with Crippen molar-refractivity contribution in [2.75, 3.05) is 6.61 Å². The van der Waals surface area contributed by atoms with Gasteiger partial charge in [0, 0.05) is 6.08 Å². The highest BCUT2D eigenvalue weighted by Crippen LogP contribution is 2.31. The number of aromatic hydroxyl groups is 3. The Labute approximate surface area is 192 Å². The number of hydrogen-bond acceptors (Lipinski definition) is 11. The summed E-state index contributed by atoms with van der Waals surface area (Å²) in [6.45, 7) is -0.543. The predicted octanol–water partition coefficient (Wildman–Crippen LogP) is -0.0554. The van der Waals surface area contributed by atoms with Gasteiger partial charge in [-0.25, -0.2) is 9.59 Å². The highest BCUT2D eigenvalue weighted by atomic mass is 16.7. The first-order valence-corrected chi connectivity index (χ1v) is 9.86. The van der Waals surface area contributed by atoms with E-state index in [1.54, 1.807) is 0 Å². The van der Waals surface area contributed by atoms with Gasteiger partial charge in [-0.05, 0) is 42.0 Å². The molecular weight excluding hydrogens is 456 g/mol. The zero-order valence-electron chi connectivity index (χ0n) is 17.4. The number of aliphatic hydroxyl groups excluding tert-OH is 3. The van der Waals surface area contributed by atoms with Crippen LogP contribution in [0.25, 0.3) is 6.08 Å². The number of carbonyl (C=O) groups excluding carboxylic acids is 1. The molecule has 0 amide bonds. The van der Waals surface area contributed by atoms with Crippen LogP contribution in [-0.2, 0) is 14.3 Å². The molecule has 7 N–H and O–H groups in total. The number of aliphatic hydroxyl groups is 3. The third-order valence-electron chi connectivity index (χ3n) is 4.92. The summed E-state index contributed by atoms with van der Waals surface area (Å²) in [4.78, 5) is 23.0. The standard InChI is InChI=1S/C22H22O12/c23-12-4-1-10(7-13(12)24)2-6-17(26)32-9-16-18(27)19(28)20(29)22(34-16)33-15-5-3-11(21(30)31)8-14(15)25/h1-8,16,18-20,22-25,27-29H,9H2,(H,30,31). The van der Waals surface area contributed by atoms with Crippen LogP contribution in [0, 0.1) is 0 Å². The maximum absolute atomic E-state index is 12.0. The average molecular weight is 478 g/mol. The van der Waals surface area contributed by atoms with E-state index in [-0.39, 0.29) is 22.8 Å². The number of rotatable bonds is 7. The minimum Gasteiger partial charge on any atom is -0.504 e. The molecule has 0 spiro atoms. The van der Waals surface area contributed by atoms with E-state index in [4.69, 9.17) is 19.3 Å². The van der Waals surface area contributed by atoms with Crippen molar-refractivity contribution in [1.82, 2.24) is 0 Å². The van der Waals surface area contributed by atoms with Gasteiger partial charge < -0.3 is 50.0 Å². The predicted molar refractivity (Wildman–Crippen MR) is 112 cm³/mol. The summed E-state index contributed by atoms with van der Waals surface area (Å²) in [7, 11) is 0. The van der Waals surface area contributed by atoms with Gasteiger partial charge in [-0.15, -0.1) is 0 Å². The van der Waals surface area contributed by atoms with Crippen LogP contribution >= 0.6 is 0 Å². The van der Waals surface area contributed by atoms with Crippen LogP contribution in [-0.4, -0.2) is 85.0 Å². The van der Waals surface area contributed by atoms with Gasteiger partial charge in [0.05, 0.1) is 5.56 Å². The van der Waals surface area contributed by atoms with Gasteiger partial charge in [-0.2, -0.15) is 0 Å². The van der Waals surface area contributed by atoms with E-state index < -0.39 is 55.0 Å². The van der Waals surface area contributed by atoms with Crippen molar-refractivity contribution < 1.29 is 59.5 Å². The summed E-state index contributed by atoms with van der Waals surface area (Å²) >= 11 is 0. The number of phenolic OH excluding ortho intramolecular Hbond substituents is 3. The summed E-state index contributed by atoms with van der Waals surface area (Å²) < 4.78 is 15.7. The summed E-state index contributed by atoms with van der Waals surface area (Å²) in [5.74, 6) is -3.67. The first-order chi connectivity index (χ1) is 16.1. The number of carboxylic acid groups (broad SMARTS) is 1. The van der Waals surface area contributed by atoms with Gasteiger partial charge in [0.2, 0.25) is 6.29 Å². The third kappa shape index (κ3) is 5.74. The first kappa shape index (κ1) is 24.8. The lowest BCUT2D eigenvalue weighted by Gasteiger charge is -2.39. The number of aromatic carboxylic acids is 1. The molecular formula is C22H22O12. The van der Waals surface area contributed by atoms with Crippen LogP contribution in [0.3, 0.4) is 0 Å². The molecule has 34 heavy (non-hydrogen) atoms. The quantitative estimate of drug-likeness (QED) is 0.159. The molecule has 0 aromatic heterocycles. The molecule has 12 nitrogen and oxygen atoms in total. The lowest BCUT2D eigenvalue weighted by atomic mass is 9.99. The molecule has 0 saturated carbocycles. The lowest BCUT2D eigenvalue weighted by Crippen LogP contribution is -2.60. The maximum atomic E-state index is 12.0. The Balaban J connectivity index is 1.63. The Morgan fingerprint density at radius 1 is 0.912 bits per heavy atom. The van der Waals surface area contributed by atoms with Crippen LogP contribution in [0.1, 0.15) is 15.9 Å². The van der Waals surface area contributed by atoms with Gasteiger partial charge in [0.25, 0.3) is 0 Å². The van der Waals surface area contributed by atoms with Crippen molar-refractivity contribution in [1.29, 1.82) is 0 Å². The number of esters is 1. The number of carboxylic acids is 1. The van der Waals surface area contributed by atoms with Crippen LogP contribution in [0.2, 0.25) is 0 Å². The SMILES string of the molecule is O=C(C=Cc1ccc(O)c(O)c1)OCC1OC(Oc2ccc(C(=O)O)cc2O)C(O)C(O)C1O. The molecule has 1 saturated heterocycles. The summed E-state index contributed by atoms with van der Waals surface area (Å²) in [5, 5.41) is 68.1. The van der Waals surface area contributed by atoms with E-state index in [1.807, 2.05) is 0 Å². The topological polar surface area (TPSA) is 203 Å². The lowest BCUT2D eigenvalue weighted by molar-refractivity contribution is -0.278. The third-order valence-corrected chi connectivity index (χ3v) is 4.92. The van der Waals surface area contributed by atoms with Crippen molar-refractivity contribution in [3.8, 4) is 23.0 Å². The zero-order chi connectivity index (χ0) is 25.0. The van der Waals surface area contributed by atoms with Crippen molar-refractivity contribution in [2.24, 2.45) is 0 Å². The fourth-order valence-corrected chi connectivity index (χ4v) is 3.05. The minimum absolute atomic E-state index is 0.217. The van der Waals surface area contributed by atoms with E-state index in [2.05, 4.69) is 0 Å². The second-order valence-electron chi connectivity index (χ2n) is 7.33. The minimum atomic E-state index is -1.75. The monoisotopic (exact) mass is 478 g/mol. The van der Waals surface area contributed by atoms with Crippen LogP contribution in [0.4, 0.5) is 0 Å². The first-order valence-electron chi connectivity index (χ1n) is 9.86. The number of phenols is 3. The van der Waals surface area contributed by atoms with Crippen LogP contribution in [0.5, 0.6) is 23.0 Å². The molecule has 5 unspecified atom stereocenters. The molecule has 1 aliphatic heterocycles. The van der Waals surface area contributed by atoms with Crippen LogP contribution < -0.4 is 4.74 Å². The van der Waals surface area contributed by atoms with Crippen molar-refractivity contribution in [3.63, 3.8) is 0 Å². The normalized spacial score (nSPS) is 24.6. The Kier molecular flexibility index (Phi) is 7.58. The summed E-state index contributed by atoms with van der Waals surface area (Å²) in [5.41, 5.74) is 0.174. The Morgan fingerprint density at radius 3 is 2.29 bits per heavy atom. The molecule has 1 heterocycles. The molecule has 0 aliphatic carbocycles. The number of ether oxygens (including phenoxy) is 3. The second-order valence-corrected chi connectivity index (χ2v) is 7.33. The number of carbonyl (C=O) groups is 2. The maximum Gasteiger partial charge on any atom is 0.335 e. The fourth-order valence-electron chi connectivity index (χ4n) is 3.05. The second kappa shape index (κ2) is 10.4. The van der Waals surface area contributed by atoms with Gasteiger partial charge in [-0.1, -0.05) is 6.07 Å². The van der Waals surface area contributed by atoms with E-state index in [0.717, 1.165) is 24.3 Å². The number of hydrogen-bond donors (Lipinski definition) is 7. The van der Waals surface area contributed by atoms with Gasteiger partial charge in [0.1, 0.15) is 31.0 Å². The summed E-state index contributed by atoms with van der Waals surface area (Å²) in [6, 6.07) is 7.05. The molecule has 182 valence electrons. The molecule has 3 rings (SSSR count). The molecule has 12 heteroatoms. The molecule has 1 aliphatic rings. The summed E-state index contributed by atoms with van der Waals surface area (Å²) in [6.07, 6.45) is -5.75. The van der Waals surface area contributed by atoms with Crippen LogP contribution in [0.15, 0.2) is 42.5 Å². The molecule has 0 bridgehead atoms. The van der Waals surface area contributed by atoms with Gasteiger partial charge >= 0.3 is 11.9 Å². The van der Waals surface area contributed by atoms with Crippen molar-refractivity contribution in [3.05, 3.63) is 53.6 Å². The Morgan fingerprint density at radius 2 is 1.65 bits per heavy atom. The number of benzene rings is 2. The van der Waals surface area contributed by atoms with E-state index >= 15 is 0 Å². The molecule has 2 aromatic rings. The smallest absolute Gasteiger partial charge is 0.335 e. The van der Waals surface area contributed by atoms with Crippen molar-refractivity contribution >= 4 is 18.0 Å². The Hall–Kier alpha value is -3.84. The Bertz CT molecular complexity index is 1080. The molecule has 1 fully saturated rings. The molecule has 0 radical (unpaired) electrons. The molecule has 5 atom stereocenters. The largest absolute Gasteiger partial charge is 0.504 e. The fraction of sp³-hybridized carbons (Fsp3) is 0.273. The van der Waals surface area contributed by atoms with E-state index in [9.17, 15) is 40.2 Å². The highest BCUT2D eigenvalue weighted by molar-refractivity contribution is 5.88. The van der Waals surface area contributed by atoms with Gasteiger partial charge in [0.15, 0.2) is 23.0 Å². The zero-order valence-corrected chi connectivity index (χ0v) is 17.4. The van der Waals surface area contributed by atoms with E-state index in [1.165, 1.54) is 24.3 Å². The van der Waals surface area contributed by atoms with E-state index in [0.29, 0.717) is 5.56 Å².